The lowest BCUT2D eigenvalue weighted by Crippen LogP contribution is -2.44. The molecule has 3 atom stereocenters. The quantitative estimate of drug-likeness (QED) is 0.721. The van der Waals surface area contributed by atoms with Gasteiger partial charge in [-0.3, -0.25) is 4.79 Å². The van der Waals surface area contributed by atoms with Gasteiger partial charge in [-0.1, -0.05) is 19.8 Å². The molecule has 1 aliphatic heterocycles. The van der Waals surface area contributed by atoms with Gasteiger partial charge in [0.05, 0.1) is 5.92 Å². The predicted molar refractivity (Wildman–Crippen MR) is 60.5 cm³/mol. The SMILES string of the molecule is CC1CCCCC1NC(=O)C1CCNC1. The molecule has 3 nitrogen and oxygen atoms in total. The van der Waals surface area contributed by atoms with Crippen molar-refractivity contribution in [3.63, 3.8) is 0 Å². The highest BCUT2D eigenvalue weighted by Crippen LogP contribution is 2.24. The van der Waals surface area contributed by atoms with Crippen LogP contribution in [0.4, 0.5) is 0 Å². The largest absolute Gasteiger partial charge is 0.353 e. The van der Waals surface area contributed by atoms with Crippen molar-refractivity contribution in [1.82, 2.24) is 10.6 Å². The van der Waals surface area contributed by atoms with Crippen molar-refractivity contribution >= 4 is 5.91 Å². The van der Waals surface area contributed by atoms with Crippen LogP contribution in [0.3, 0.4) is 0 Å². The fourth-order valence-corrected chi connectivity index (χ4v) is 2.71. The molecule has 86 valence electrons. The Balaban J connectivity index is 1.81. The van der Waals surface area contributed by atoms with E-state index in [-0.39, 0.29) is 11.8 Å². The minimum Gasteiger partial charge on any atom is -0.353 e. The van der Waals surface area contributed by atoms with Gasteiger partial charge >= 0.3 is 0 Å². The third-order valence-electron chi connectivity index (χ3n) is 3.87. The molecule has 2 N–H and O–H groups in total. The number of hydrogen-bond acceptors (Lipinski definition) is 2. The maximum Gasteiger partial charge on any atom is 0.224 e. The van der Waals surface area contributed by atoms with Gasteiger partial charge in [-0.25, -0.2) is 0 Å². The Hall–Kier alpha value is -0.570. The van der Waals surface area contributed by atoms with Gasteiger partial charge in [0.1, 0.15) is 0 Å². The van der Waals surface area contributed by atoms with Crippen molar-refractivity contribution in [3.05, 3.63) is 0 Å². The monoisotopic (exact) mass is 210 g/mol. The van der Waals surface area contributed by atoms with Gasteiger partial charge in [0, 0.05) is 12.6 Å². The zero-order chi connectivity index (χ0) is 10.7. The first-order valence-corrected chi connectivity index (χ1v) is 6.28. The van der Waals surface area contributed by atoms with Gasteiger partial charge in [0.15, 0.2) is 0 Å². The van der Waals surface area contributed by atoms with Crippen LogP contribution in [0.2, 0.25) is 0 Å². The molecule has 0 radical (unpaired) electrons. The second-order valence-electron chi connectivity index (χ2n) is 5.07. The maximum atomic E-state index is 11.9. The first-order valence-electron chi connectivity index (χ1n) is 6.28. The molecule has 2 rings (SSSR count). The van der Waals surface area contributed by atoms with E-state index in [0.29, 0.717) is 12.0 Å². The molecule has 2 fully saturated rings. The van der Waals surface area contributed by atoms with Crippen molar-refractivity contribution in [3.8, 4) is 0 Å². The van der Waals surface area contributed by atoms with E-state index in [1.807, 2.05) is 0 Å². The molecule has 1 aliphatic carbocycles. The summed E-state index contributed by atoms with van der Waals surface area (Å²) in [5.41, 5.74) is 0. The number of carbonyl (C=O) groups excluding carboxylic acids is 1. The standard InChI is InChI=1S/C12H22N2O/c1-9-4-2-3-5-11(9)14-12(15)10-6-7-13-8-10/h9-11,13H,2-8H2,1H3,(H,14,15). The molecule has 0 aromatic heterocycles. The number of carbonyl (C=O) groups is 1. The molecule has 1 saturated heterocycles. The minimum atomic E-state index is 0.221. The van der Waals surface area contributed by atoms with E-state index in [9.17, 15) is 4.79 Å². The summed E-state index contributed by atoms with van der Waals surface area (Å²) in [5.74, 6) is 1.16. The minimum absolute atomic E-state index is 0.221. The predicted octanol–water partition coefficient (Wildman–Crippen LogP) is 1.29. The maximum absolute atomic E-state index is 11.9. The zero-order valence-corrected chi connectivity index (χ0v) is 9.59. The smallest absolute Gasteiger partial charge is 0.224 e. The summed E-state index contributed by atoms with van der Waals surface area (Å²) < 4.78 is 0. The zero-order valence-electron chi connectivity index (χ0n) is 9.59. The van der Waals surface area contributed by atoms with E-state index in [1.54, 1.807) is 0 Å². The van der Waals surface area contributed by atoms with Crippen molar-refractivity contribution in [2.24, 2.45) is 11.8 Å². The topological polar surface area (TPSA) is 41.1 Å². The highest BCUT2D eigenvalue weighted by atomic mass is 16.2. The van der Waals surface area contributed by atoms with Crippen LogP contribution >= 0.6 is 0 Å². The molecule has 0 spiro atoms. The van der Waals surface area contributed by atoms with E-state index >= 15 is 0 Å². The number of nitrogens with one attached hydrogen (secondary N) is 2. The van der Waals surface area contributed by atoms with Crippen LogP contribution in [-0.2, 0) is 4.79 Å². The van der Waals surface area contributed by atoms with Gasteiger partial charge in [-0.15, -0.1) is 0 Å². The van der Waals surface area contributed by atoms with E-state index in [2.05, 4.69) is 17.6 Å². The molecule has 0 bridgehead atoms. The number of amides is 1. The van der Waals surface area contributed by atoms with Gasteiger partial charge in [-0.05, 0) is 31.7 Å². The lowest BCUT2D eigenvalue weighted by atomic mass is 9.85. The van der Waals surface area contributed by atoms with Crippen molar-refractivity contribution in [2.75, 3.05) is 13.1 Å². The van der Waals surface area contributed by atoms with Crippen LogP contribution in [0, 0.1) is 11.8 Å². The molecule has 2 aliphatic rings. The Labute approximate surface area is 92.0 Å². The summed E-state index contributed by atoms with van der Waals surface area (Å²) in [4.78, 5) is 11.9. The fourth-order valence-electron chi connectivity index (χ4n) is 2.71. The van der Waals surface area contributed by atoms with Crippen LogP contribution in [0.15, 0.2) is 0 Å². The summed E-state index contributed by atoms with van der Waals surface area (Å²) in [7, 11) is 0. The van der Waals surface area contributed by atoms with Crippen molar-refractivity contribution in [2.45, 2.75) is 45.1 Å². The van der Waals surface area contributed by atoms with Crippen LogP contribution in [0.5, 0.6) is 0 Å². The molecular formula is C12H22N2O. The molecule has 1 amide bonds. The molecular weight excluding hydrogens is 188 g/mol. The Bertz CT molecular complexity index is 224. The second kappa shape index (κ2) is 4.97. The Morgan fingerprint density at radius 2 is 2.07 bits per heavy atom. The number of rotatable bonds is 2. The third-order valence-corrected chi connectivity index (χ3v) is 3.87. The number of hydrogen-bond donors (Lipinski definition) is 2. The van der Waals surface area contributed by atoms with E-state index in [1.165, 1.54) is 25.7 Å². The second-order valence-corrected chi connectivity index (χ2v) is 5.07. The highest BCUT2D eigenvalue weighted by molar-refractivity contribution is 5.79. The molecule has 3 unspecified atom stereocenters. The average Bonchev–Trinajstić information content (AvgIpc) is 2.74. The summed E-state index contributed by atoms with van der Waals surface area (Å²) in [6.45, 7) is 4.13. The average molecular weight is 210 g/mol. The van der Waals surface area contributed by atoms with Crippen LogP contribution < -0.4 is 10.6 Å². The van der Waals surface area contributed by atoms with E-state index in [0.717, 1.165) is 19.5 Å². The Morgan fingerprint density at radius 3 is 2.73 bits per heavy atom. The summed E-state index contributed by atoms with van der Waals surface area (Å²) >= 11 is 0. The summed E-state index contributed by atoms with van der Waals surface area (Å²) in [6.07, 6.45) is 6.06. The van der Waals surface area contributed by atoms with Gasteiger partial charge < -0.3 is 10.6 Å². The molecule has 1 saturated carbocycles. The summed E-state index contributed by atoms with van der Waals surface area (Å²) in [6, 6.07) is 0.437. The van der Waals surface area contributed by atoms with Crippen LogP contribution in [0.25, 0.3) is 0 Å². The Kier molecular flexibility index (Phi) is 3.62. The molecule has 3 heteroatoms. The normalized spacial score (nSPS) is 36.5. The van der Waals surface area contributed by atoms with Crippen LogP contribution in [0.1, 0.15) is 39.0 Å². The fraction of sp³-hybridized carbons (Fsp3) is 0.917. The highest BCUT2D eigenvalue weighted by Gasteiger charge is 2.27. The summed E-state index contributed by atoms with van der Waals surface area (Å²) in [5, 5.41) is 6.47. The lowest BCUT2D eigenvalue weighted by Gasteiger charge is -2.30. The molecule has 15 heavy (non-hydrogen) atoms. The first kappa shape index (κ1) is 10.9. The third kappa shape index (κ3) is 2.71. The van der Waals surface area contributed by atoms with Crippen molar-refractivity contribution in [1.29, 1.82) is 0 Å². The van der Waals surface area contributed by atoms with Gasteiger partial charge in [0.2, 0.25) is 5.91 Å². The van der Waals surface area contributed by atoms with E-state index < -0.39 is 0 Å². The molecule has 1 heterocycles. The Morgan fingerprint density at radius 1 is 1.27 bits per heavy atom. The lowest BCUT2D eigenvalue weighted by molar-refractivity contribution is -0.125. The van der Waals surface area contributed by atoms with Gasteiger partial charge in [0.25, 0.3) is 0 Å². The van der Waals surface area contributed by atoms with E-state index in [4.69, 9.17) is 0 Å². The first-order chi connectivity index (χ1) is 7.27. The molecule has 0 aromatic rings. The van der Waals surface area contributed by atoms with Gasteiger partial charge in [-0.2, -0.15) is 0 Å². The van der Waals surface area contributed by atoms with Crippen LogP contribution in [-0.4, -0.2) is 25.0 Å². The molecule has 0 aromatic carbocycles. The van der Waals surface area contributed by atoms with Crippen molar-refractivity contribution < 1.29 is 4.79 Å².